The van der Waals surface area contributed by atoms with Gasteiger partial charge in [0.2, 0.25) is 10.0 Å². The Labute approximate surface area is 143 Å². The largest absolute Gasteiger partial charge is 0.351 e. The molecule has 5 nitrogen and oxygen atoms in total. The second-order valence-corrected chi connectivity index (χ2v) is 7.35. The molecule has 0 saturated carbocycles. The van der Waals surface area contributed by atoms with Crippen molar-refractivity contribution in [1.82, 2.24) is 10.0 Å². The highest BCUT2D eigenvalue weighted by molar-refractivity contribution is 7.89. The number of nitrogens with one attached hydrogen (secondary N) is 2. The van der Waals surface area contributed by atoms with Crippen LogP contribution in [-0.4, -0.2) is 33.2 Å². The molecule has 0 aliphatic carbocycles. The lowest BCUT2D eigenvalue weighted by Gasteiger charge is -2.08. The van der Waals surface area contributed by atoms with Crippen molar-refractivity contribution in [2.75, 3.05) is 18.8 Å². The maximum absolute atomic E-state index is 11.9. The molecule has 1 amide bonds. The van der Waals surface area contributed by atoms with E-state index in [9.17, 15) is 13.2 Å². The van der Waals surface area contributed by atoms with Crippen molar-refractivity contribution >= 4 is 15.9 Å². The fourth-order valence-corrected chi connectivity index (χ4v) is 3.34. The molecule has 2 rings (SSSR count). The normalized spacial score (nSPS) is 11.2. The van der Waals surface area contributed by atoms with Crippen LogP contribution in [0.4, 0.5) is 0 Å². The van der Waals surface area contributed by atoms with Crippen molar-refractivity contribution in [1.29, 1.82) is 0 Å². The minimum Gasteiger partial charge on any atom is -0.351 e. The van der Waals surface area contributed by atoms with Gasteiger partial charge in [-0.2, -0.15) is 0 Å². The molecule has 0 heterocycles. The maximum Gasteiger partial charge on any atom is 0.251 e. The first-order valence-corrected chi connectivity index (χ1v) is 9.56. The van der Waals surface area contributed by atoms with Crippen molar-refractivity contribution in [3.63, 3.8) is 0 Å². The summed E-state index contributed by atoms with van der Waals surface area (Å²) in [4.78, 5) is 11.8. The molecule has 0 aliphatic heterocycles. The zero-order valence-electron chi connectivity index (χ0n) is 13.4. The quantitative estimate of drug-likeness (QED) is 0.682. The molecule has 0 aromatic heterocycles. The number of carbonyl (C=O) groups excluding carboxylic acids is 1. The summed E-state index contributed by atoms with van der Waals surface area (Å²) in [6.07, 6.45) is 1.29. The highest BCUT2D eigenvalue weighted by atomic mass is 32.2. The zero-order chi connectivity index (χ0) is 17.3. The summed E-state index contributed by atoms with van der Waals surface area (Å²) in [7, 11) is -3.32. The van der Waals surface area contributed by atoms with Gasteiger partial charge in [0.05, 0.1) is 5.75 Å². The average Bonchev–Trinajstić information content (AvgIpc) is 2.60. The molecule has 0 bridgehead atoms. The Balaban J connectivity index is 1.64. The predicted octanol–water partition coefficient (Wildman–Crippen LogP) is 1.97. The molecule has 0 unspecified atom stereocenters. The summed E-state index contributed by atoms with van der Waals surface area (Å²) in [5.41, 5.74) is 1.69. The Morgan fingerprint density at radius 2 is 1.50 bits per heavy atom. The number of benzene rings is 2. The van der Waals surface area contributed by atoms with E-state index in [1.807, 2.05) is 36.4 Å². The molecule has 0 radical (unpaired) electrons. The Kier molecular flexibility index (Phi) is 6.96. The van der Waals surface area contributed by atoms with Gasteiger partial charge >= 0.3 is 0 Å². The highest BCUT2D eigenvalue weighted by Gasteiger charge is 2.10. The fraction of sp³-hybridized carbons (Fsp3) is 0.278. The lowest BCUT2D eigenvalue weighted by atomic mass is 10.1. The van der Waals surface area contributed by atoms with Gasteiger partial charge in [-0.1, -0.05) is 48.5 Å². The molecule has 24 heavy (non-hydrogen) atoms. The summed E-state index contributed by atoms with van der Waals surface area (Å²) < 4.78 is 26.3. The predicted molar refractivity (Wildman–Crippen MR) is 95.3 cm³/mol. The smallest absolute Gasteiger partial charge is 0.251 e. The van der Waals surface area contributed by atoms with Crippen LogP contribution in [-0.2, 0) is 16.4 Å². The van der Waals surface area contributed by atoms with E-state index < -0.39 is 10.0 Å². The summed E-state index contributed by atoms with van der Waals surface area (Å²) in [5, 5.41) is 2.69. The van der Waals surface area contributed by atoms with E-state index in [4.69, 9.17) is 0 Å². The van der Waals surface area contributed by atoms with Crippen molar-refractivity contribution in [3.05, 3.63) is 71.8 Å². The molecule has 6 heteroatoms. The zero-order valence-corrected chi connectivity index (χ0v) is 14.3. The summed E-state index contributed by atoms with van der Waals surface area (Å²) in [6, 6.07) is 18.6. The fourth-order valence-electron chi connectivity index (χ4n) is 2.26. The molecule has 2 aromatic rings. The van der Waals surface area contributed by atoms with Crippen molar-refractivity contribution < 1.29 is 13.2 Å². The van der Waals surface area contributed by atoms with Gasteiger partial charge < -0.3 is 5.32 Å². The summed E-state index contributed by atoms with van der Waals surface area (Å²) in [6.45, 7) is 0.442. The molecule has 0 aliphatic rings. The first-order chi connectivity index (χ1) is 11.6. The van der Waals surface area contributed by atoms with Crippen LogP contribution in [0.15, 0.2) is 60.7 Å². The number of sulfonamides is 1. The van der Waals surface area contributed by atoms with E-state index in [0.29, 0.717) is 12.0 Å². The molecule has 0 saturated heterocycles. The molecule has 0 fully saturated rings. The van der Waals surface area contributed by atoms with Crippen LogP contribution < -0.4 is 10.0 Å². The molecule has 2 aromatic carbocycles. The minimum absolute atomic E-state index is 0.0779. The molecular weight excluding hydrogens is 324 g/mol. The van der Waals surface area contributed by atoms with Gasteiger partial charge in [-0.3, -0.25) is 4.79 Å². The second kappa shape index (κ2) is 9.20. The average molecular weight is 346 g/mol. The molecule has 128 valence electrons. The summed E-state index contributed by atoms with van der Waals surface area (Å²) >= 11 is 0. The van der Waals surface area contributed by atoms with Crippen LogP contribution in [0.5, 0.6) is 0 Å². The van der Waals surface area contributed by atoms with Gasteiger partial charge in [0.1, 0.15) is 0 Å². The first kappa shape index (κ1) is 18.2. The van der Waals surface area contributed by atoms with Crippen LogP contribution in [0.1, 0.15) is 22.3 Å². The number of aryl methyl sites for hydroxylation is 1. The molecular formula is C18H22N2O3S. The third kappa shape index (κ3) is 6.52. The monoisotopic (exact) mass is 346 g/mol. The van der Waals surface area contributed by atoms with Crippen LogP contribution in [0.2, 0.25) is 0 Å². The Hall–Kier alpha value is -2.18. The third-order valence-corrected chi connectivity index (χ3v) is 4.96. The van der Waals surface area contributed by atoms with E-state index in [0.717, 1.165) is 12.0 Å². The molecule has 2 N–H and O–H groups in total. The van der Waals surface area contributed by atoms with E-state index in [2.05, 4.69) is 10.0 Å². The van der Waals surface area contributed by atoms with Crippen LogP contribution in [0.25, 0.3) is 0 Å². The van der Waals surface area contributed by atoms with Gasteiger partial charge in [0.25, 0.3) is 5.91 Å². The number of carbonyl (C=O) groups is 1. The number of hydrogen-bond acceptors (Lipinski definition) is 3. The van der Waals surface area contributed by atoms with Gasteiger partial charge in [-0.05, 0) is 30.5 Å². The molecule has 0 spiro atoms. The minimum atomic E-state index is -3.32. The highest BCUT2D eigenvalue weighted by Crippen LogP contribution is 2.03. The lowest BCUT2D eigenvalue weighted by molar-refractivity contribution is 0.0954. The number of amides is 1. The van der Waals surface area contributed by atoms with E-state index >= 15 is 0 Å². The van der Waals surface area contributed by atoms with Crippen molar-refractivity contribution in [3.8, 4) is 0 Å². The van der Waals surface area contributed by atoms with Crippen molar-refractivity contribution in [2.24, 2.45) is 0 Å². The van der Waals surface area contributed by atoms with Gasteiger partial charge in [-0.25, -0.2) is 13.1 Å². The second-order valence-electron chi connectivity index (χ2n) is 5.42. The van der Waals surface area contributed by atoms with Crippen molar-refractivity contribution in [2.45, 2.75) is 12.8 Å². The number of hydrogen-bond donors (Lipinski definition) is 2. The molecule has 0 atom stereocenters. The number of rotatable bonds is 9. The Morgan fingerprint density at radius 1 is 0.875 bits per heavy atom. The van der Waals surface area contributed by atoms with Crippen LogP contribution in [0, 0.1) is 0 Å². The van der Waals surface area contributed by atoms with Crippen LogP contribution >= 0.6 is 0 Å². The third-order valence-electron chi connectivity index (χ3n) is 3.49. The maximum atomic E-state index is 11.9. The first-order valence-electron chi connectivity index (χ1n) is 7.91. The SMILES string of the molecule is O=C(NCCNS(=O)(=O)CCCc1ccccc1)c1ccccc1. The standard InChI is InChI=1S/C18H22N2O3S/c21-18(17-11-5-2-6-12-17)19-13-14-20-24(22,23)15-7-10-16-8-3-1-4-9-16/h1-6,8-9,11-12,20H,7,10,13-15H2,(H,19,21). The summed E-state index contributed by atoms with van der Waals surface area (Å²) in [5.74, 6) is -0.131. The topological polar surface area (TPSA) is 75.3 Å². The lowest BCUT2D eigenvalue weighted by Crippen LogP contribution is -2.35. The van der Waals surface area contributed by atoms with E-state index in [-0.39, 0.29) is 24.7 Å². The van der Waals surface area contributed by atoms with E-state index in [1.54, 1.807) is 24.3 Å². The van der Waals surface area contributed by atoms with Gasteiger partial charge in [0, 0.05) is 18.7 Å². The van der Waals surface area contributed by atoms with E-state index in [1.165, 1.54) is 0 Å². The van der Waals surface area contributed by atoms with Gasteiger partial charge in [0.15, 0.2) is 0 Å². The Bertz CT molecular complexity index is 731. The van der Waals surface area contributed by atoms with Crippen LogP contribution in [0.3, 0.4) is 0 Å². The Morgan fingerprint density at radius 3 is 2.17 bits per heavy atom. The van der Waals surface area contributed by atoms with Gasteiger partial charge in [-0.15, -0.1) is 0 Å².